The average Bonchev–Trinajstić information content (AvgIpc) is 3.04. The minimum absolute atomic E-state index is 0.939. The minimum atomic E-state index is 0.939. The Morgan fingerprint density at radius 1 is 1.16 bits per heavy atom. The number of nitrogens with zero attached hydrogens (tertiary/aromatic N) is 4. The third-order valence-corrected chi connectivity index (χ3v) is 4.71. The van der Waals surface area contributed by atoms with Gasteiger partial charge in [0.2, 0.25) is 4.83 Å². The predicted molar refractivity (Wildman–Crippen MR) is 73.1 cm³/mol. The summed E-state index contributed by atoms with van der Waals surface area (Å²) >= 11 is 1.78. The Balaban J connectivity index is 2.00. The third-order valence-electron chi connectivity index (χ3n) is 3.68. The Hall–Kier alpha value is -2.27. The first-order valence-corrected chi connectivity index (χ1v) is 6.94. The van der Waals surface area contributed by atoms with Crippen molar-refractivity contribution in [1.82, 2.24) is 14.4 Å². The molecular weight excluding hydrogens is 256 g/mol. The van der Waals surface area contributed by atoms with Gasteiger partial charge in [-0.25, -0.2) is 4.57 Å². The lowest BCUT2D eigenvalue weighted by atomic mass is 10.2. The number of imidazole rings is 1. The Morgan fingerprint density at radius 2 is 2.05 bits per heavy atom. The van der Waals surface area contributed by atoms with Crippen LogP contribution < -0.4 is 4.57 Å². The first-order chi connectivity index (χ1) is 9.42. The zero-order valence-corrected chi connectivity index (χ0v) is 10.8. The van der Waals surface area contributed by atoms with Gasteiger partial charge in [-0.15, -0.1) is 0 Å². The van der Waals surface area contributed by atoms with E-state index >= 15 is 0 Å². The SMILES string of the molecule is c1cc2c(cn1)-c1n3c(c[n+]1C2)sc1cnccc13. The van der Waals surface area contributed by atoms with Crippen LogP contribution in [0.1, 0.15) is 5.56 Å². The second-order valence-electron chi connectivity index (χ2n) is 4.73. The highest BCUT2D eigenvalue weighted by Gasteiger charge is 2.31. The molecule has 5 heteroatoms. The lowest BCUT2D eigenvalue weighted by molar-refractivity contribution is -0.670. The Kier molecular flexibility index (Phi) is 1.62. The van der Waals surface area contributed by atoms with Crippen LogP contribution >= 0.6 is 11.3 Å². The molecule has 0 bridgehead atoms. The summed E-state index contributed by atoms with van der Waals surface area (Å²) in [6, 6.07) is 4.18. The van der Waals surface area contributed by atoms with Crippen molar-refractivity contribution < 1.29 is 4.57 Å². The van der Waals surface area contributed by atoms with E-state index in [9.17, 15) is 0 Å². The molecule has 0 atom stereocenters. The molecule has 0 spiro atoms. The van der Waals surface area contributed by atoms with Crippen LogP contribution in [-0.4, -0.2) is 14.4 Å². The summed E-state index contributed by atoms with van der Waals surface area (Å²) in [5.41, 5.74) is 3.80. The molecule has 0 aliphatic carbocycles. The van der Waals surface area contributed by atoms with E-state index in [2.05, 4.69) is 37.3 Å². The molecule has 4 nitrogen and oxygen atoms in total. The summed E-state index contributed by atoms with van der Waals surface area (Å²) in [6.07, 6.45) is 9.84. The van der Waals surface area contributed by atoms with Crippen molar-refractivity contribution in [2.75, 3.05) is 0 Å². The normalized spacial score (nSPS) is 13.1. The van der Waals surface area contributed by atoms with Crippen molar-refractivity contribution in [2.24, 2.45) is 0 Å². The highest BCUT2D eigenvalue weighted by atomic mass is 32.1. The van der Waals surface area contributed by atoms with Crippen LogP contribution in [0.4, 0.5) is 0 Å². The van der Waals surface area contributed by atoms with E-state index < -0.39 is 0 Å². The molecule has 0 amide bonds. The van der Waals surface area contributed by atoms with Gasteiger partial charge in [0.05, 0.1) is 10.3 Å². The van der Waals surface area contributed by atoms with E-state index in [0.717, 1.165) is 6.54 Å². The molecule has 1 aliphatic rings. The monoisotopic (exact) mass is 265 g/mol. The maximum Gasteiger partial charge on any atom is 0.297 e. The van der Waals surface area contributed by atoms with E-state index in [1.165, 1.54) is 32.0 Å². The van der Waals surface area contributed by atoms with Crippen LogP contribution in [-0.2, 0) is 6.54 Å². The molecule has 19 heavy (non-hydrogen) atoms. The zero-order valence-electron chi connectivity index (χ0n) is 9.95. The lowest BCUT2D eigenvalue weighted by Crippen LogP contribution is -2.29. The van der Waals surface area contributed by atoms with Gasteiger partial charge in [-0.3, -0.25) is 9.97 Å². The van der Waals surface area contributed by atoms with Gasteiger partial charge in [-0.05, 0) is 6.07 Å². The molecule has 5 heterocycles. The number of aromatic nitrogens is 4. The molecule has 0 saturated carbocycles. The van der Waals surface area contributed by atoms with Crippen LogP contribution in [0, 0.1) is 0 Å². The molecule has 1 aliphatic heterocycles. The molecule has 5 rings (SSSR count). The minimum Gasteiger partial charge on any atom is -0.264 e. The molecule has 0 aromatic carbocycles. The number of hydrogen-bond acceptors (Lipinski definition) is 3. The van der Waals surface area contributed by atoms with Gasteiger partial charge < -0.3 is 0 Å². The number of thiazole rings is 1. The van der Waals surface area contributed by atoms with Gasteiger partial charge in [-0.1, -0.05) is 11.3 Å². The summed E-state index contributed by atoms with van der Waals surface area (Å²) in [5.74, 6) is 1.23. The second kappa shape index (κ2) is 3.19. The van der Waals surface area contributed by atoms with Gasteiger partial charge in [0.25, 0.3) is 5.82 Å². The van der Waals surface area contributed by atoms with Crippen molar-refractivity contribution in [2.45, 2.75) is 6.54 Å². The summed E-state index contributed by atoms with van der Waals surface area (Å²) in [7, 11) is 0. The van der Waals surface area contributed by atoms with Gasteiger partial charge in [0.1, 0.15) is 12.7 Å². The van der Waals surface area contributed by atoms with Crippen molar-refractivity contribution in [3.05, 3.63) is 48.7 Å². The molecule has 90 valence electrons. The topological polar surface area (TPSA) is 34.1 Å². The number of pyridine rings is 2. The van der Waals surface area contributed by atoms with Crippen LogP contribution in [0.15, 0.2) is 43.1 Å². The molecule has 0 N–H and O–H groups in total. The van der Waals surface area contributed by atoms with E-state index in [1.54, 1.807) is 11.3 Å². The standard InChI is InChI=1S/C14H9N4S/c1-3-15-5-10-9(1)7-17-8-13-18(14(10)17)11-2-4-16-6-12(11)19-13/h1-6,8H,7H2/q+1. The number of rotatable bonds is 0. The molecular formula is C14H9N4S+. The van der Waals surface area contributed by atoms with Crippen LogP contribution in [0.5, 0.6) is 0 Å². The Labute approximate surface area is 112 Å². The number of hydrogen-bond donors (Lipinski definition) is 0. The quantitative estimate of drug-likeness (QED) is 0.402. The van der Waals surface area contributed by atoms with Crippen LogP contribution in [0.25, 0.3) is 26.4 Å². The highest BCUT2D eigenvalue weighted by molar-refractivity contribution is 7.23. The van der Waals surface area contributed by atoms with Gasteiger partial charge in [-0.2, -0.15) is 4.40 Å². The summed E-state index contributed by atoms with van der Waals surface area (Å²) in [4.78, 5) is 9.73. The first-order valence-electron chi connectivity index (χ1n) is 6.12. The van der Waals surface area contributed by atoms with Crippen LogP contribution in [0.2, 0.25) is 0 Å². The molecule has 4 aromatic rings. The summed E-state index contributed by atoms with van der Waals surface area (Å²) in [5, 5.41) is 0. The predicted octanol–water partition coefficient (Wildman–Crippen LogP) is 2.26. The second-order valence-corrected chi connectivity index (χ2v) is 5.79. The fourth-order valence-electron chi connectivity index (χ4n) is 2.88. The van der Waals surface area contributed by atoms with E-state index in [4.69, 9.17) is 0 Å². The van der Waals surface area contributed by atoms with E-state index in [0.29, 0.717) is 0 Å². The van der Waals surface area contributed by atoms with Crippen molar-refractivity contribution >= 4 is 26.4 Å². The largest absolute Gasteiger partial charge is 0.297 e. The first kappa shape index (κ1) is 9.63. The molecule has 0 saturated heterocycles. The molecule has 0 unspecified atom stereocenters. The smallest absolute Gasteiger partial charge is 0.264 e. The Bertz CT molecular complexity index is 951. The van der Waals surface area contributed by atoms with Gasteiger partial charge >= 0.3 is 0 Å². The lowest BCUT2D eigenvalue weighted by Gasteiger charge is -1.92. The number of fused-ring (bicyclic) bond motifs is 7. The van der Waals surface area contributed by atoms with E-state index in [1.807, 2.05) is 24.8 Å². The van der Waals surface area contributed by atoms with Crippen molar-refractivity contribution in [3.63, 3.8) is 0 Å². The maximum absolute atomic E-state index is 4.27. The average molecular weight is 265 g/mol. The molecule has 0 fully saturated rings. The molecule has 0 radical (unpaired) electrons. The summed E-state index contributed by atoms with van der Waals surface area (Å²) in [6.45, 7) is 0.939. The molecule has 4 aromatic heterocycles. The summed E-state index contributed by atoms with van der Waals surface area (Å²) < 4.78 is 5.84. The van der Waals surface area contributed by atoms with Crippen molar-refractivity contribution in [1.29, 1.82) is 0 Å². The Morgan fingerprint density at radius 3 is 3.05 bits per heavy atom. The fraction of sp³-hybridized carbons (Fsp3) is 0.0714. The third kappa shape index (κ3) is 1.11. The van der Waals surface area contributed by atoms with Gasteiger partial charge in [0, 0.05) is 36.4 Å². The maximum atomic E-state index is 4.27. The van der Waals surface area contributed by atoms with E-state index in [-0.39, 0.29) is 0 Å². The van der Waals surface area contributed by atoms with Gasteiger partial charge in [0.15, 0.2) is 5.52 Å². The fourth-order valence-corrected chi connectivity index (χ4v) is 3.94. The highest BCUT2D eigenvalue weighted by Crippen LogP contribution is 2.33. The van der Waals surface area contributed by atoms with Crippen LogP contribution in [0.3, 0.4) is 0 Å². The van der Waals surface area contributed by atoms with Crippen molar-refractivity contribution in [3.8, 4) is 11.4 Å². The zero-order chi connectivity index (χ0) is 12.4.